The van der Waals surface area contributed by atoms with Crippen molar-refractivity contribution < 1.29 is 0 Å². The summed E-state index contributed by atoms with van der Waals surface area (Å²) in [5.41, 5.74) is 0. The molecule has 2 unspecified atom stereocenters. The zero-order chi connectivity index (χ0) is 8.97. The van der Waals surface area contributed by atoms with Crippen LogP contribution in [0.25, 0.3) is 0 Å². The minimum atomic E-state index is 0.477. The predicted molar refractivity (Wildman–Crippen MR) is 58.2 cm³/mol. The first-order chi connectivity index (χ1) is 5.68. The molecular weight excluding hydrogens is 236 g/mol. The molecule has 2 nitrogen and oxygen atoms in total. The van der Waals surface area contributed by atoms with E-state index in [1.807, 2.05) is 11.6 Å². The first kappa shape index (κ1) is 9.99. The largest absolute Gasteiger partial charge is 0.359 e. The van der Waals surface area contributed by atoms with Gasteiger partial charge < -0.3 is 5.32 Å². The van der Waals surface area contributed by atoms with Gasteiger partial charge in [0.25, 0.3) is 0 Å². The Hall–Kier alpha value is -0.0900. The van der Waals surface area contributed by atoms with Gasteiger partial charge in [-0.05, 0) is 13.3 Å². The second-order valence-corrected chi connectivity index (χ2v) is 5.36. The monoisotopic (exact) mass is 248 g/mol. The van der Waals surface area contributed by atoms with Crippen LogP contribution in [0.3, 0.4) is 0 Å². The van der Waals surface area contributed by atoms with E-state index in [0.29, 0.717) is 10.9 Å². The second-order valence-electron chi connectivity index (χ2n) is 2.90. The zero-order valence-corrected chi connectivity index (χ0v) is 9.65. The summed E-state index contributed by atoms with van der Waals surface area (Å²) in [4.78, 5) is 4.71. The lowest BCUT2D eigenvalue weighted by atomic mass is 10.2. The lowest BCUT2D eigenvalue weighted by Gasteiger charge is -2.13. The highest BCUT2D eigenvalue weighted by atomic mass is 79.9. The summed E-state index contributed by atoms with van der Waals surface area (Å²) in [6, 6.07) is 0.477. The third-order valence-corrected chi connectivity index (χ3v) is 2.56. The lowest BCUT2D eigenvalue weighted by Crippen LogP contribution is -2.17. The van der Waals surface area contributed by atoms with Crippen LogP contribution in [0.5, 0.6) is 0 Å². The van der Waals surface area contributed by atoms with Gasteiger partial charge in [-0.15, -0.1) is 11.3 Å². The van der Waals surface area contributed by atoms with Gasteiger partial charge in [0.1, 0.15) is 0 Å². The number of thiazole rings is 1. The molecule has 4 heteroatoms. The molecule has 68 valence electrons. The minimum absolute atomic E-state index is 0.477. The van der Waals surface area contributed by atoms with Crippen LogP contribution in [0.4, 0.5) is 5.13 Å². The van der Waals surface area contributed by atoms with E-state index >= 15 is 0 Å². The van der Waals surface area contributed by atoms with Crippen molar-refractivity contribution >= 4 is 32.4 Å². The number of aromatic nitrogens is 1. The van der Waals surface area contributed by atoms with Gasteiger partial charge in [-0.3, -0.25) is 0 Å². The average Bonchev–Trinajstić information content (AvgIpc) is 2.37. The summed E-state index contributed by atoms with van der Waals surface area (Å²) < 4.78 is 0. The Morgan fingerprint density at radius 3 is 2.92 bits per heavy atom. The standard InChI is InChI=1S/C8H13BrN2S/c1-6(9)5-7(2)11-8-10-3-4-12-8/h3-4,6-7H,5H2,1-2H3,(H,10,11). The van der Waals surface area contributed by atoms with E-state index in [1.165, 1.54) is 0 Å². The Labute approximate surface area is 85.5 Å². The summed E-state index contributed by atoms with van der Waals surface area (Å²) in [5.74, 6) is 0. The van der Waals surface area contributed by atoms with Gasteiger partial charge in [0.05, 0.1) is 0 Å². The molecule has 0 spiro atoms. The van der Waals surface area contributed by atoms with Crippen molar-refractivity contribution in [3.63, 3.8) is 0 Å². The average molecular weight is 249 g/mol. The van der Waals surface area contributed by atoms with Crippen molar-refractivity contribution in [2.75, 3.05) is 5.32 Å². The van der Waals surface area contributed by atoms with Crippen LogP contribution in [0.15, 0.2) is 11.6 Å². The molecule has 0 aliphatic rings. The van der Waals surface area contributed by atoms with Crippen LogP contribution < -0.4 is 5.32 Å². The number of anilines is 1. The topological polar surface area (TPSA) is 24.9 Å². The van der Waals surface area contributed by atoms with Gasteiger partial charge >= 0.3 is 0 Å². The summed E-state index contributed by atoms with van der Waals surface area (Å²) in [6.45, 7) is 4.32. The molecule has 1 N–H and O–H groups in total. The maximum absolute atomic E-state index is 4.16. The van der Waals surface area contributed by atoms with E-state index in [4.69, 9.17) is 0 Å². The van der Waals surface area contributed by atoms with Gasteiger partial charge in [-0.25, -0.2) is 4.98 Å². The lowest BCUT2D eigenvalue weighted by molar-refractivity contribution is 0.707. The molecule has 0 aliphatic heterocycles. The van der Waals surface area contributed by atoms with Crippen LogP contribution in [-0.2, 0) is 0 Å². The van der Waals surface area contributed by atoms with Crippen molar-refractivity contribution in [3.8, 4) is 0 Å². The molecule has 0 saturated carbocycles. The van der Waals surface area contributed by atoms with E-state index in [2.05, 4.69) is 40.1 Å². The van der Waals surface area contributed by atoms with Crippen molar-refractivity contribution in [2.24, 2.45) is 0 Å². The van der Waals surface area contributed by atoms with Gasteiger partial charge in [0.2, 0.25) is 0 Å². The van der Waals surface area contributed by atoms with Crippen molar-refractivity contribution in [1.29, 1.82) is 0 Å². The zero-order valence-electron chi connectivity index (χ0n) is 7.25. The second kappa shape index (κ2) is 4.82. The molecular formula is C8H13BrN2S. The van der Waals surface area contributed by atoms with Crippen molar-refractivity contribution in [1.82, 2.24) is 4.98 Å². The van der Waals surface area contributed by atoms with Crippen LogP contribution in [0, 0.1) is 0 Å². The van der Waals surface area contributed by atoms with E-state index in [9.17, 15) is 0 Å². The Kier molecular flexibility index (Phi) is 4.01. The first-order valence-corrected chi connectivity index (χ1v) is 5.78. The van der Waals surface area contributed by atoms with Crippen LogP contribution in [0.2, 0.25) is 0 Å². The predicted octanol–water partition coefficient (Wildman–Crippen LogP) is 3.12. The fourth-order valence-corrected chi connectivity index (χ4v) is 2.25. The van der Waals surface area contributed by atoms with Crippen LogP contribution in [-0.4, -0.2) is 15.9 Å². The Morgan fingerprint density at radius 2 is 2.42 bits per heavy atom. The van der Waals surface area contributed by atoms with Crippen molar-refractivity contribution in [2.45, 2.75) is 31.1 Å². The maximum Gasteiger partial charge on any atom is 0.182 e. The molecule has 0 aliphatic carbocycles. The van der Waals surface area contributed by atoms with Gasteiger partial charge in [-0.1, -0.05) is 22.9 Å². The fraction of sp³-hybridized carbons (Fsp3) is 0.625. The number of halogens is 1. The van der Waals surface area contributed by atoms with E-state index in [-0.39, 0.29) is 0 Å². The van der Waals surface area contributed by atoms with Gasteiger partial charge in [-0.2, -0.15) is 0 Å². The third-order valence-electron chi connectivity index (χ3n) is 1.48. The number of nitrogens with one attached hydrogen (secondary N) is 1. The van der Waals surface area contributed by atoms with Crippen LogP contribution in [0.1, 0.15) is 20.3 Å². The number of hydrogen-bond acceptors (Lipinski definition) is 3. The smallest absolute Gasteiger partial charge is 0.182 e. The molecule has 0 aromatic carbocycles. The minimum Gasteiger partial charge on any atom is -0.359 e. The highest BCUT2D eigenvalue weighted by Gasteiger charge is 2.06. The Bertz CT molecular complexity index is 211. The molecule has 1 aromatic rings. The molecule has 0 amide bonds. The molecule has 0 saturated heterocycles. The molecule has 1 heterocycles. The fourth-order valence-electron chi connectivity index (χ4n) is 1.05. The number of nitrogens with zero attached hydrogens (tertiary/aromatic N) is 1. The van der Waals surface area contributed by atoms with Crippen LogP contribution >= 0.6 is 27.3 Å². The van der Waals surface area contributed by atoms with E-state index in [0.717, 1.165) is 11.6 Å². The quantitative estimate of drug-likeness (QED) is 0.829. The first-order valence-electron chi connectivity index (χ1n) is 3.98. The number of rotatable bonds is 4. The normalized spacial score (nSPS) is 15.6. The highest BCUT2D eigenvalue weighted by molar-refractivity contribution is 9.09. The summed E-state index contributed by atoms with van der Waals surface area (Å²) >= 11 is 5.16. The van der Waals surface area contributed by atoms with Crippen molar-refractivity contribution in [3.05, 3.63) is 11.6 Å². The molecule has 0 fully saturated rings. The molecule has 1 rings (SSSR count). The summed E-state index contributed by atoms with van der Waals surface area (Å²) in [6.07, 6.45) is 2.93. The summed E-state index contributed by atoms with van der Waals surface area (Å²) in [5, 5.41) is 6.32. The van der Waals surface area contributed by atoms with E-state index < -0.39 is 0 Å². The number of hydrogen-bond donors (Lipinski definition) is 1. The molecule has 0 bridgehead atoms. The Morgan fingerprint density at radius 1 is 1.67 bits per heavy atom. The molecule has 1 aromatic heterocycles. The van der Waals surface area contributed by atoms with Gasteiger partial charge in [0.15, 0.2) is 5.13 Å². The Balaban J connectivity index is 2.32. The summed E-state index contributed by atoms with van der Waals surface area (Å²) in [7, 11) is 0. The molecule has 0 radical (unpaired) electrons. The highest BCUT2D eigenvalue weighted by Crippen LogP contribution is 2.15. The SMILES string of the molecule is CC(Br)CC(C)Nc1nccs1. The van der Waals surface area contributed by atoms with Gasteiger partial charge in [0, 0.05) is 22.4 Å². The third kappa shape index (κ3) is 3.54. The number of alkyl halides is 1. The molecule has 2 atom stereocenters. The molecule has 12 heavy (non-hydrogen) atoms. The van der Waals surface area contributed by atoms with E-state index in [1.54, 1.807) is 11.3 Å². The maximum atomic E-state index is 4.16.